The van der Waals surface area contributed by atoms with E-state index < -0.39 is 15.3 Å². The Labute approximate surface area is 104 Å². The molecular weight excluding hydrogens is 240 g/mol. The molecule has 0 spiro atoms. The number of ether oxygens (including phenoxy) is 1. The molecule has 1 atom stereocenters. The smallest absolute Gasteiger partial charge is 0.215 e. The molecule has 3 N–H and O–H groups in total. The van der Waals surface area contributed by atoms with Crippen molar-refractivity contribution in [3.8, 4) is 0 Å². The Kier molecular flexibility index (Phi) is 6.40. The van der Waals surface area contributed by atoms with Gasteiger partial charge in [0.1, 0.15) is 0 Å². The lowest BCUT2D eigenvalue weighted by Gasteiger charge is -2.14. The lowest BCUT2D eigenvalue weighted by Crippen LogP contribution is -2.39. The van der Waals surface area contributed by atoms with Crippen molar-refractivity contribution in [3.05, 3.63) is 0 Å². The first-order chi connectivity index (χ1) is 8.10. The lowest BCUT2D eigenvalue weighted by molar-refractivity contribution is 0.123. The fourth-order valence-corrected chi connectivity index (χ4v) is 2.91. The summed E-state index contributed by atoms with van der Waals surface area (Å²) in [5.74, 6) is 0.758. The molecule has 0 aromatic rings. The van der Waals surface area contributed by atoms with Crippen LogP contribution in [0.4, 0.5) is 0 Å². The van der Waals surface area contributed by atoms with E-state index in [1.54, 1.807) is 0 Å². The molecule has 0 aromatic carbocycles. The molecule has 0 heterocycles. The van der Waals surface area contributed by atoms with Crippen molar-refractivity contribution in [2.24, 2.45) is 11.7 Å². The van der Waals surface area contributed by atoms with E-state index in [-0.39, 0.29) is 6.54 Å². The molecule has 0 amide bonds. The monoisotopic (exact) mass is 264 g/mol. The van der Waals surface area contributed by atoms with Crippen LogP contribution in [0, 0.1) is 5.92 Å². The van der Waals surface area contributed by atoms with E-state index in [0.717, 1.165) is 12.5 Å². The number of nitrogens with two attached hydrogens (primary N) is 1. The van der Waals surface area contributed by atoms with Crippen LogP contribution in [-0.2, 0) is 14.8 Å². The minimum atomic E-state index is -3.24. The van der Waals surface area contributed by atoms with Gasteiger partial charge in [-0.15, -0.1) is 0 Å². The van der Waals surface area contributed by atoms with Gasteiger partial charge in [-0.3, -0.25) is 0 Å². The Balaban J connectivity index is 2.06. The molecule has 1 fully saturated rings. The summed E-state index contributed by atoms with van der Waals surface area (Å²) < 4.78 is 31.4. The second-order valence-corrected chi connectivity index (χ2v) is 6.62. The van der Waals surface area contributed by atoms with Crippen LogP contribution in [0.25, 0.3) is 0 Å². The standard InChI is InChI=1S/C11H24N2O3S/c1-2-11(8-12)17(14,15)13-6-3-7-16-9-10-4-5-10/h10-11,13H,2-9,12H2,1H3. The maximum absolute atomic E-state index is 11.7. The van der Waals surface area contributed by atoms with Crippen molar-refractivity contribution in [1.82, 2.24) is 4.72 Å². The van der Waals surface area contributed by atoms with E-state index in [9.17, 15) is 8.42 Å². The highest BCUT2D eigenvalue weighted by molar-refractivity contribution is 7.90. The van der Waals surface area contributed by atoms with Crippen LogP contribution in [-0.4, -0.2) is 40.0 Å². The quantitative estimate of drug-likeness (QED) is 0.562. The molecule has 17 heavy (non-hydrogen) atoms. The van der Waals surface area contributed by atoms with Gasteiger partial charge in [0.05, 0.1) is 5.25 Å². The zero-order valence-electron chi connectivity index (χ0n) is 10.5. The molecule has 0 bridgehead atoms. The average molecular weight is 264 g/mol. The maximum Gasteiger partial charge on any atom is 0.215 e. The minimum Gasteiger partial charge on any atom is -0.381 e. The molecule has 1 unspecified atom stereocenters. The molecule has 5 nitrogen and oxygen atoms in total. The largest absolute Gasteiger partial charge is 0.381 e. The van der Waals surface area contributed by atoms with Crippen LogP contribution in [0.5, 0.6) is 0 Å². The van der Waals surface area contributed by atoms with Gasteiger partial charge in [-0.05, 0) is 31.6 Å². The summed E-state index contributed by atoms with van der Waals surface area (Å²) in [4.78, 5) is 0. The number of rotatable bonds is 10. The highest BCUT2D eigenvalue weighted by Gasteiger charge is 2.22. The second-order valence-electron chi connectivity index (χ2n) is 4.58. The first-order valence-electron chi connectivity index (χ1n) is 6.36. The van der Waals surface area contributed by atoms with Crippen molar-refractivity contribution in [3.63, 3.8) is 0 Å². The van der Waals surface area contributed by atoms with Gasteiger partial charge in [0.2, 0.25) is 10.0 Å². The van der Waals surface area contributed by atoms with E-state index in [4.69, 9.17) is 10.5 Å². The zero-order chi connectivity index (χ0) is 12.7. The zero-order valence-corrected chi connectivity index (χ0v) is 11.3. The molecule has 0 aliphatic heterocycles. The van der Waals surface area contributed by atoms with E-state index in [1.165, 1.54) is 12.8 Å². The Bertz CT molecular complexity index is 298. The Morgan fingerprint density at radius 3 is 2.71 bits per heavy atom. The van der Waals surface area contributed by atoms with Gasteiger partial charge in [0, 0.05) is 26.3 Å². The van der Waals surface area contributed by atoms with Gasteiger partial charge in [-0.25, -0.2) is 13.1 Å². The summed E-state index contributed by atoms with van der Waals surface area (Å²) in [5.41, 5.74) is 5.42. The minimum absolute atomic E-state index is 0.171. The third-order valence-electron chi connectivity index (χ3n) is 2.98. The third-order valence-corrected chi connectivity index (χ3v) is 4.99. The van der Waals surface area contributed by atoms with Gasteiger partial charge < -0.3 is 10.5 Å². The topological polar surface area (TPSA) is 81.4 Å². The molecular formula is C11H24N2O3S. The molecule has 1 saturated carbocycles. The van der Waals surface area contributed by atoms with Crippen molar-refractivity contribution in [2.45, 2.75) is 37.9 Å². The normalized spacial score (nSPS) is 18.2. The van der Waals surface area contributed by atoms with Gasteiger partial charge in [-0.1, -0.05) is 6.92 Å². The Morgan fingerprint density at radius 2 is 2.18 bits per heavy atom. The number of sulfonamides is 1. The van der Waals surface area contributed by atoms with Crippen molar-refractivity contribution < 1.29 is 13.2 Å². The molecule has 1 aliphatic rings. The first-order valence-corrected chi connectivity index (χ1v) is 7.91. The molecule has 6 heteroatoms. The molecule has 0 saturated heterocycles. The van der Waals surface area contributed by atoms with E-state index in [0.29, 0.717) is 26.0 Å². The summed E-state index contributed by atoms with van der Waals surface area (Å²) in [6.07, 6.45) is 3.82. The van der Waals surface area contributed by atoms with Gasteiger partial charge in [0.15, 0.2) is 0 Å². The maximum atomic E-state index is 11.7. The Morgan fingerprint density at radius 1 is 1.47 bits per heavy atom. The number of hydrogen-bond acceptors (Lipinski definition) is 4. The summed E-state index contributed by atoms with van der Waals surface area (Å²) in [7, 11) is -3.24. The first kappa shape index (κ1) is 14.9. The molecule has 1 rings (SSSR count). The van der Waals surface area contributed by atoms with Gasteiger partial charge in [-0.2, -0.15) is 0 Å². The van der Waals surface area contributed by atoms with Crippen LogP contribution >= 0.6 is 0 Å². The number of nitrogens with one attached hydrogen (secondary N) is 1. The molecule has 1 aliphatic carbocycles. The van der Waals surface area contributed by atoms with Crippen LogP contribution in [0.15, 0.2) is 0 Å². The summed E-state index contributed by atoms with van der Waals surface area (Å²) in [6, 6.07) is 0. The summed E-state index contributed by atoms with van der Waals surface area (Å²) in [5, 5.41) is -0.477. The van der Waals surface area contributed by atoms with Gasteiger partial charge >= 0.3 is 0 Å². The molecule has 102 valence electrons. The van der Waals surface area contributed by atoms with Crippen LogP contribution in [0.1, 0.15) is 32.6 Å². The lowest BCUT2D eigenvalue weighted by atomic mass is 10.3. The SMILES string of the molecule is CCC(CN)S(=O)(=O)NCCCOCC1CC1. The van der Waals surface area contributed by atoms with Gasteiger partial charge in [0.25, 0.3) is 0 Å². The molecule has 0 aromatic heterocycles. The molecule has 0 radical (unpaired) electrons. The Hall–Kier alpha value is -0.170. The van der Waals surface area contributed by atoms with E-state index >= 15 is 0 Å². The van der Waals surface area contributed by atoms with Crippen LogP contribution in [0.3, 0.4) is 0 Å². The third kappa shape index (κ3) is 5.81. The second kappa shape index (κ2) is 7.31. The van der Waals surface area contributed by atoms with Crippen LogP contribution in [0.2, 0.25) is 0 Å². The van der Waals surface area contributed by atoms with Crippen LogP contribution < -0.4 is 10.5 Å². The van der Waals surface area contributed by atoms with E-state index in [1.807, 2.05) is 6.92 Å². The highest BCUT2D eigenvalue weighted by Crippen LogP contribution is 2.28. The predicted molar refractivity (Wildman–Crippen MR) is 68.2 cm³/mol. The predicted octanol–water partition coefficient (Wildman–Crippen LogP) is 0.460. The van der Waals surface area contributed by atoms with Crippen molar-refractivity contribution >= 4 is 10.0 Å². The van der Waals surface area contributed by atoms with E-state index in [2.05, 4.69) is 4.72 Å². The summed E-state index contributed by atoms with van der Waals surface area (Å²) >= 11 is 0. The summed E-state index contributed by atoms with van der Waals surface area (Å²) in [6.45, 7) is 3.88. The average Bonchev–Trinajstić information content (AvgIpc) is 3.08. The highest BCUT2D eigenvalue weighted by atomic mass is 32.2. The fourth-order valence-electron chi connectivity index (χ4n) is 1.55. The van der Waals surface area contributed by atoms with Crippen molar-refractivity contribution in [2.75, 3.05) is 26.3 Å². The number of hydrogen-bond donors (Lipinski definition) is 2. The fraction of sp³-hybridized carbons (Fsp3) is 1.00. The van der Waals surface area contributed by atoms with Crippen molar-refractivity contribution in [1.29, 1.82) is 0 Å².